The van der Waals surface area contributed by atoms with Gasteiger partial charge in [0, 0.05) is 12.6 Å². The first-order valence-corrected chi connectivity index (χ1v) is 8.06. The number of hydrazine groups is 1. The number of nitrogens with one attached hydrogen (secondary N) is 1. The molecule has 1 saturated heterocycles. The lowest BCUT2D eigenvalue weighted by molar-refractivity contribution is -0.0982. The molecular formula is C16H22ClFN2O. The third-order valence-corrected chi connectivity index (χ3v) is 5.31. The van der Waals surface area contributed by atoms with Crippen LogP contribution in [0, 0.1) is 11.7 Å². The molecule has 0 bridgehead atoms. The highest BCUT2D eigenvalue weighted by molar-refractivity contribution is 6.30. The van der Waals surface area contributed by atoms with Crippen LogP contribution in [-0.2, 0) is 4.74 Å². The Morgan fingerprint density at radius 2 is 2.14 bits per heavy atom. The Labute approximate surface area is 130 Å². The predicted octanol–water partition coefficient (Wildman–Crippen LogP) is 3.72. The van der Waals surface area contributed by atoms with Gasteiger partial charge >= 0.3 is 0 Å². The molecule has 0 aromatic heterocycles. The van der Waals surface area contributed by atoms with E-state index in [-0.39, 0.29) is 16.7 Å². The molecule has 1 saturated carbocycles. The fraction of sp³-hybridized carbons (Fsp3) is 0.625. The van der Waals surface area contributed by atoms with Crippen molar-refractivity contribution < 1.29 is 9.13 Å². The maximum absolute atomic E-state index is 13.7. The fourth-order valence-corrected chi connectivity index (χ4v) is 4.05. The molecule has 1 aromatic rings. The third kappa shape index (κ3) is 3.09. The van der Waals surface area contributed by atoms with E-state index in [1.165, 1.54) is 18.9 Å². The van der Waals surface area contributed by atoms with Crippen LogP contribution >= 0.6 is 11.6 Å². The van der Waals surface area contributed by atoms with Gasteiger partial charge in [0.25, 0.3) is 0 Å². The second-order valence-electron chi connectivity index (χ2n) is 6.31. The van der Waals surface area contributed by atoms with E-state index in [0.717, 1.165) is 37.9 Å². The molecule has 3 N–H and O–H groups in total. The molecule has 2 aliphatic rings. The van der Waals surface area contributed by atoms with Crippen LogP contribution in [0.5, 0.6) is 0 Å². The van der Waals surface area contributed by atoms with Crippen molar-refractivity contribution >= 4 is 11.6 Å². The van der Waals surface area contributed by atoms with Crippen LogP contribution in [0.25, 0.3) is 0 Å². The van der Waals surface area contributed by atoms with Crippen LogP contribution in [0.15, 0.2) is 18.2 Å². The molecule has 2 unspecified atom stereocenters. The number of hydrogen-bond acceptors (Lipinski definition) is 3. The van der Waals surface area contributed by atoms with Crippen LogP contribution in [0.1, 0.15) is 50.1 Å². The summed E-state index contributed by atoms with van der Waals surface area (Å²) in [5.41, 5.74) is 3.77. The smallest absolute Gasteiger partial charge is 0.142 e. The fourth-order valence-electron chi connectivity index (χ4n) is 3.93. The molecule has 2 fully saturated rings. The van der Waals surface area contributed by atoms with E-state index in [0.29, 0.717) is 5.92 Å². The van der Waals surface area contributed by atoms with Crippen molar-refractivity contribution in [1.82, 2.24) is 5.43 Å². The molecule has 3 rings (SSSR count). The lowest BCUT2D eigenvalue weighted by atomic mass is 9.79. The van der Waals surface area contributed by atoms with Gasteiger partial charge in [0.2, 0.25) is 0 Å². The molecule has 0 radical (unpaired) electrons. The van der Waals surface area contributed by atoms with Gasteiger partial charge in [-0.3, -0.25) is 11.3 Å². The van der Waals surface area contributed by atoms with E-state index >= 15 is 0 Å². The molecule has 3 nitrogen and oxygen atoms in total. The van der Waals surface area contributed by atoms with Crippen LogP contribution in [0.3, 0.4) is 0 Å². The van der Waals surface area contributed by atoms with E-state index in [9.17, 15) is 4.39 Å². The second-order valence-corrected chi connectivity index (χ2v) is 6.72. The van der Waals surface area contributed by atoms with Crippen LogP contribution in [-0.4, -0.2) is 12.2 Å². The molecule has 1 spiro atoms. The van der Waals surface area contributed by atoms with E-state index in [1.54, 1.807) is 6.07 Å². The highest BCUT2D eigenvalue weighted by Gasteiger charge is 2.42. The average Bonchev–Trinajstić information content (AvgIpc) is 2.91. The summed E-state index contributed by atoms with van der Waals surface area (Å²) < 4.78 is 19.8. The first kappa shape index (κ1) is 15.2. The molecule has 2 atom stereocenters. The number of benzene rings is 1. The number of rotatable bonds is 3. The van der Waals surface area contributed by atoms with Gasteiger partial charge in [-0.25, -0.2) is 4.39 Å². The molecule has 116 valence electrons. The largest absolute Gasteiger partial charge is 0.375 e. The first-order valence-electron chi connectivity index (χ1n) is 7.69. The lowest BCUT2D eigenvalue weighted by Gasteiger charge is -2.41. The summed E-state index contributed by atoms with van der Waals surface area (Å²) in [4.78, 5) is 0. The molecule has 5 heteroatoms. The zero-order valence-electron chi connectivity index (χ0n) is 12.1. The molecule has 1 aliphatic heterocycles. The summed E-state index contributed by atoms with van der Waals surface area (Å²) in [6, 6.07) is 4.88. The molecule has 21 heavy (non-hydrogen) atoms. The van der Waals surface area contributed by atoms with Crippen molar-refractivity contribution in [3.8, 4) is 0 Å². The number of hydrogen-bond donors (Lipinski definition) is 2. The Bertz CT molecular complexity index is 505. The second kappa shape index (κ2) is 6.21. The van der Waals surface area contributed by atoms with Gasteiger partial charge in [0.1, 0.15) is 5.82 Å². The molecule has 1 aliphatic carbocycles. The quantitative estimate of drug-likeness (QED) is 0.660. The minimum atomic E-state index is -0.392. The van der Waals surface area contributed by atoms with E-state index in [2.05, 4.69) is 5.43 Å². The summed E-state index contributed by atoms with van der Waals surface area (Å²) in [6.07, 6.45) is 6.69. The maximum atomic E-state index is 13.7. The molecule has 0 amide bonds. The third-order valence-electron chi connectivity index (χ3n) is 5.00. The average molecular weight is 313 g/mol. The van der Waals surface area contributed by atoms with Gasteiger partial charge in [-0.1, -0.05) is 30.5 Å². The SMILES string of the molecule is NNC(c1ccc(Cl)c(F)c1)C1CCOC2(CCCC2)C1. The van der Waals surface area contributed by atoms with Gasteiger partial charge in [0.05, 0.1) is 10.6 Å². The number of ether oxygens (including phenoxy) is 1. The molecular weight excluding hydrogens is 291 g/mol. The summed E-state index contributed by atoms with van der Waals surface area (Å²) in [5.74, 6) is 5.74. The summed E-state index contributed by atoms with van der Waals surface area (Å²) >= 11 is 5.77. The lowest BCUT2D eigenvalue weighted by Crippen LogP contribution is -2.43. The standard InChI is InChI=1S/C16H22ClFN2O/c17-13-4-3-11(9-14(13)18)15(20-19)12-5-8-21-16(10-12)6-1-2-7-16/h3-4,9,12,15,20H,1-2,5-8,10,19H2. The van der Waals surface area contributed by atoms with E-state index < -0.39 is 5.82 Å². The van der Waals surface area contributed by atoms with Crippen molar-refractivity contribution in [1.29, 1.82) is 0 Å². The van der Waals surface area contributed by atoms with Gasteiger partial charge < -0.3 is 4.74 Å². The highest BCUT2D eigenvalue weighted by atomic mass is 35.5. The Balaban J connectivity index is 1.80. The minimum absolute atomic E-state index is 0.0307. The van der Waals surface area contributed by atoms with Crippen molar-refractivity contribution in [2.75, 3.05) is 6.61 Å². The molecule has 1 heterocycles. The monoisotopic (exact) mass is 312 g/mol. The Kier molecular flexibility index (Phi) is 4.50. The van der Waals surface area contributed by atoms with Crippen LogP contribution in [0.2, 0.25) is 5.02 Å². The van der Waals surface area contributed by atoms with Crippen LogP contribution in [0.4, 0.5) is 4.39 Å². The van der Waals surface area contributed by atoms with Crippen molar-refractivity contribution in [3.63, 3.8) is 0 Å². The van der Waals surface area contributed by atoms with Gasteiger partial charge in [-0.15, -0.1) is 0 Å². The summed E-state index contributed by atoms with van der Waals surface area (Å²) in [6.45, 7) is 0.763. The Morgan fingerprint density at radius 1 is 1.38 bits per heavy atom. The number of halogens is 2. The topological polar surface area (TPSA) is 47.3 Å². The normalized spacial score (nSPS) is 26.1. The minimum Gasteiger partial charge on any atom is -0.375 e. The van der Waals surface area contributed by atoms with E-state index in [1.807, 2.05) is 6.07 Å². The number of nitrogens with two attached hydrogens (primary N) is 1. The first-order chi connectivity index (χ1) is 10.1. The predicted molar refractivity (Wildman–Crippen MR) is 81.3 cm³/mol. The Hall–Kier alpha value is -0.680. The van der Waals surface area contributed by atoms with Gasteiger partial charge in [-0.2, -0.15) is 0 Å². The maximum Gasteiger partial charge on any atom is 0.142 e. The summed E-state index contributed by atoms with van der Waals surface area (Å²) in [5, 5.41) is 0.147. The van der Waals surface area contributed by atoms with Gasteiger partial charge in [0.15, 0.2) is 0 Å². The van der Waals surface area contributed by atoms with Crippen molar-refractivity contribution in [2.45, 2.75) is 50.2 Å². The van der Waals surface area contributed by atoms with E-state index in [4.69, 9.17) is 22.2 Å². The summed E-state index contributed by atoms with van der Waals surface area (Å²) in [7, 11) is 0. The zero-order valence-corrected chi connectivity index (χ0v) is 12.8. The highest BCUT2D eigenvalue weighted by Crippen LogP contribution is 2.45. The zero-order chi connectivity index (χ0) is 14.9. The van der Waals surface area contributed by atoms with Crippen molar-refractivity contribution in [3.05, 3.63) is 34.6 Å². The Morgan fingerprint density at radius 3 is 2.81 bits per heavy atom. The van der Waals surface area contributed by atoms with Crippen molar-refractivity contribution in [2.24, 2.45) is 11.8 Å². The van der Waals surface area contributed by atoms with Crippen LogP contribution < -0.4 is 11.3 Å². The van der Waals surface area contributed by atoms with Gasteiger partial charge in [-0.05, 0) is 49.3 Å². The molecule has 1 aromatic carbocycles.